The first-order valence-electron chi connectivity index (χ1n) is 7.85. The molecule has 3 nitrogen and oxygen atoms in total. The maximum atomic E-state index is 10.4. The van der Waals surface area contributed by atoms with Crippen molar-refractivity contribution >= 4 is 0 Å². The van der Waals surface area contributed by atoms with E-state index in [2.05, 4.69) is 11.8 Å². The van der Waals surface area contributed by atoms with Crippen LogP contribution in [0.25, 0.3) is 0 Å². The Morgan fingerprint density at radius 2 is 2.06 bits per heavy atom. The van der Waals surface area contributed by atoms with Gasteiger partial charge in [-0.05, 0) is 44.4 Å². The zero-order valence-corrected chi connectivity index (χ0v) is 11.6. The SMILES string of the molecule is CCC1CCC(O)C(N2CCOC3CCCC32)C1. The molecule has 5 unspecified atom stereocenters. The molecule has 1 N–H and O–H groups in total. The molecular weight excluding hydrogens is 226 g/mol. The molecule has 3 aliphatic rings. The van der Waals surface area contributed by atoms with E-state index in [-0.39, 0.29) is 6.10 Å². The summed E-state index contributed by atoms with van der Waals surface area (Å²) in [7, 11) is 0. The van der Waals surface area contributed by atoms with E-state index in [1.165, 1.54) is 38.5 Å². The molecule has 2 aliphatic carbocycles. The largest absolute Gasteiger partial charge is 0.391 e. The minimum Gasteiger partial charge on any atom is -0.391 e. The first-order chi connectivity index (χ1) is 8.79. The van der Waals surface area contributed by atoms with Crippen molar-refractivity contribution in [3.63, 3.8) is 0 Å². The summed E-state index contributed by atoms with van der Waals surface area (Å²) in [5.41, 5.74) is 0. The van der Waals surface area contributed by atoms with Gasteiger partial charge in [0.05, 0.1) is 18.8 Å². The van der Waals surface area contributed by atoms with Crippen LogP contribution in [0, 0.1) is 5.92 Å². The van der Waals surface area contributed by atoms with Crippen LogP contribution in [0.1, 0.15) is 51.9 Å². The van der Waals surface area contributed by atoms with Gasteiger partial charge in [-0.2, -0.15) is 0 Å². The second-order valence-corrected chi connectivity index (χ2v) is 6.37. The Bertz CT molecular complexity index is 284. The highest BCUT2D eigenvalue weighted by molar-refractivity contribution is 4.96. The molecule has 0 spiro atoms. The van der Waals surface area contributed by atoms with Crippen LogP contribution in [0.2, 0.25) is 0 Å². The van der Waals surface area contributed by atoms with Gasteiger partial charge in [0.15, 0.2) is 0 Å². The Balaban J connectivity index is 1.71. The fourth-order valence-corrected chi connectivity index (χ4v) is 4.31. The quantitative estimate of drug-likeness (QED) is 0.819. The summed E-state index contributed by atoms with van der Waals surface area (Å²) in [6.45, 7) is 4.18. The highest BCUT2D eigenvalue weighted by Gasteiger charge is 2.42. The van der Waals surface area contributed by atoms with Crippen LogP contribution >= 0.6 is 0 Å². The molecule has 0 aromatic carbocycles. The third-order valence-corrected chi connectivity index (χ3v) is 5.42. The van der Waals surface area contributed by atoms with Crippen molar-refractivity contribution in [2.75, 3.05) is 13.2 Å². The summed E-state index contributed by atoms with van der Waals surface area (Å²) in [4.78, 5) is 2.60. The van der Waals surface area contributed by atoms with Crippen LogP contribution in [0.5, 0.6) is 0 Å². The molecule has 0 aromatic heterocycles. The van der Waals surface area contributed by atoms with Gasteiger partial charge in [-0.25, -0.2) is 0 Å². The van der Waals surface area contributed by atoms with Gasteiger partial charge in [0.1, 0.15) is 0 Å². The molecule has 0 bridgehead atoms. The topological polar surface area (TPSA) is 32.7 Å². The molecule has 3 fully saturated rings. The van der Waals surface area contributed by atoms with E-state index < -0.39 is 0 Å². The van der Waals surface area contributed by atoms with Gasteiger partial charge in [-0.3, -0.25) is 4.90 Å². The molecule has 1 aliphatic heterocycles. The number of aliphatic hydroxyl groups is 1. The van der Waals surface area contributed by atoms with Crippen LogP contribution in [-0.2, 0) is 4.74 Å². The standard InChI is InChI=1S/C15H27NO2/c1-2-11-6-7-14(17)13(10-11)16-8-9-18-15-5-3-4-12(15)16/h11-15,17H,2-10H2,1H3. The Morgan fingerprint density at radius 3 is 2.89 bits per heavy atom. The number of morpholine rings is 1. The minimum absolute atomic E-state index is 0.104. The highest BCUT2D eigenvalue weighted by Crippen LogP contribution is 2.36. The van der Waals surface area contributed by atoms with E-state index in [9.17, 15) is 5.11 Å². The number of nitrogens with zero attached hydrogens (tertiary/aromatic N) is 1. The highest BCUT2D eigenvalue weighted by atomic mass is 16.5. The molecule has 3 rings (SSSR count). The summed E-state index contributed by atoms with van der Waals surface area (Å²) >= 11 is 0. The van der Waals surface area contributed by atoms with Gasteiger partial charge in [0.2, 0.25) is 0 Å². The average molecular weight is 253 g/mol. The second kappa shape index (κ2) is 5.48. The summed E-state index contributed by atoms with van der Waals surface area (Å²) in [6.07, 6.45) is 8.81. The number of rotatable bonds is 2. The summed E-state index contributed by atoms with van der Waals surface area (Å²) < 4.78 is 5.89. The molecule has 0 aromatic rings. The normalized spacial score (nSPS) is 46.0. The van der Waals surface area contributed by atoms with E-state index in [1.54, 1.807) is 0 Å². The Morgan fingerprint density at radius 1 is 1.17 bits per heavy atom. The van der Waals surface area contributed by atoms with Gasteiger partial charge in [0.25, 0.3) is 0 Å². The number of hydrogen-bond donors (Lipinski definition) is 1. The lowest BCUT2D eigenvalue weighted by Crippen LogP contribution is -2.57. The van der Waals surface area contributed by atoms with Crippen molar-refractivity contribution in [3.05, 3.63) is 0 Å². The Kier molecular flexibility index (Phi) is 3.92. The van der Waals surface area contributed by atoms with Crippen LogP contribution in [0.3, 0.4) is 0 Å². The third kappa shape index (κ3) is 2.33. The van der Waals surface area contributed by atoms with Crippen molar-refractivity contribution < 1.29 is 9.84 Å². The molecule has 2 saturated carbocycles. The molecule has 0 amide bonds. The van der Waals surface area contributed by atoms with Crippen LogP contribution in [0.4, 0.5) is 0 Å². The Hall–Kier alpha value is -0.120. The van der Waals surface area contributed by atoms with Crippen molar-refractivity contribution in [2.45, 2.75) is 76.2 Å². The number of fused-ring (bicyclic) bond motifs is 1. The maximum absolute atomic E-state index is 10.4. The Labute approximate surface area is 110 Å². The predicted octanol–water partition coefficient (Wildman–Crippen LogP) is 2.18. The molecule has 1 saturated heterocycles. The molecular formula is C15H27NO2. The lowest BCUT2D eigenvalue weighted by molar-refractivity contribution is -0.104. The molecule has 104 valence electrons. The number of ether oxygens (including phenoxy) is 1. The van der Waals surface area contributed by atoms with E-state index in [4.69, 9.17) is 4.74 Å². The second-order valence-electron chi connectivity index (χ2n) is 6.37. The minimum atomic E-state index is -0.104. The van der Waals surface area contributed by atoms with E-state index in [0.717, 1.165) is 25.5 Å². The fourth-order valence-electron chi connectivity index (χ4n) is 4.31. The monoisotopic (exact) mass is 253 g/mol. The van der Waals surface area contributed by atoms with Crippen molar-refractivity contribution in [3.8, 4) is 0 Å². The van der Waals surface area contributed by atoms with E-state index in [1.807, 2.05) is 0 Å². The number of hydrogen-bond acceptors (Lipinski definition) is 3. The third-order valence-electron chi connectivity index (χ3n) is 5.42. The number of aliphatic hydroxyl groups excluding tert-OH is 1. The van der Waals surface area contributed by atoms with Gasteiger partial charge in [0, 0.05) is 18.6 Å². The summed E-state index contributed by atoms with van der Waals surface area (Å²) in [6, 6.07) is 0.993. The van der Waals surface area contributed by atoms with Crippen LogP contribution < -0.4 is 0 Å². The van der Waals surface area contributed by atoms with Crippen LogP contribution in [-0.4, -0.2) is 47.4 Å². The first kappa shape index (κ1) is 12.9. The zero-order chi connectivity index (χ0) is 12.5. The average Bonchev–Trinajstić information content (AvgIpc) is 2.87. The lowest BCUT2D eigenvalue weighted by atomic mass is 9.81. The van der Waals surface area contributed by atoms with Crippen molar-refractivity contribution in [1.82, 2.24) is 4.90 Å². The molecule has 18 heavy (non-hydrogen) atoms. The smallest absolute Gasteiger partial charge is 0.0731 e. The first-order valence-corrected chi connectivity index (χ1v) is 7.85. The van der Waals surface area contributed by atoms with Crippen LogP contribution in [0.15, 0.2) is 0 Å². The van der Waals surface area contributed by atoms with Crippen molar-refractivity contribution in [2.24, 2.45) is 5.92 Å². The van der Waals surface area contributed by atoms with Crippen molar-refractivity contribution in [1.29, 1.82) is 0 Å². The predicted molar refractivity (Wildman–Crippen MR) is 71.5 cm³/mol. The molecule has 5 atom stereocenters. The van der Waals surface area contributed by atoms with E-state index >= 15 is 0 Å². The lowest BCUT2D eigenvalue weighted by Gasteiger charge is -2.47. The van der Waals surface area contributed by atoms with Gasteiger partial charge in [-0.1, -0.05) is 13.3 Å². The van der Waals surface area contributed by atoms with Gasteiger partial charge >= 0.3 is 0 Å². The fraction of sp³-hybridized carbons (Fsp3) is 1.00. The van der Waals surface area contributed by atoms with Gasteiger partial charge in [-0.15, -0.1) is 0 Å². The van der Waals surface area contributed by atoms with Gasteiger partial charge < -0.3 is 9.84 Å². The molecule has 0 radical (unpaired) electrons. The summed E-state index contributed by atoms with van der Waals surface area (Å²) in [5, 5.41) is 10.4. The molecule has 3 heteroatoms. The summed E-state index contributed by atoms with van der Waals surface area (Å²) in [5.74, 6) is 0.820. The maximum Gasteiger partial charge on any atom is 0.0731 e. The zero-order valence-electron chi connectivity index (χ0n) is 11.6. The van der Waals surface area contributed by atoms with E-state index in [0.29, 0.717) is 18.2 Å². The molecule has 1 heterocycles.